The second kappa shape index (κ2) is 4.06. The van der Waals surface area contributed by atoms with Crippen LogP contribution in [-0.2, 0) is 4.74 Å². The van der Waals surface area contributed by atoms with Gasteiger partial charge in [0.05, 0.1) is 17.7 Å². The number of ether oxygens (including phenoxy) is 1. The first-order valence-corrected chi connectivity index (χ1v) is 6.70. The third-order valence-electron chi connectivity index (χ3n) is 3.98. The van der Waals surface area contributed by atoms with Crippen LogP contribution in [-0.4, -0.2) is 35.3 Å². The zero-order valence-corrected chi connectivity index (χ0v) is 10.6. The fourth-order valence-corrected chi connectivity index (χ4v) is 3.10. The predicted octanol–water partition coefficient (Wildman–Crippen LogP) is 1.58. The SMILES string of the molecule is Nc1ccc2c(N3CC4CCC(C3)O4)ncnc2c1. The van der Waals surface area contributed by atoms with Crippen molar-refractivity contribution in [2.45, 2.75) is 25.0 Å². The second-order valence-corrected chi connectivity index (χ2v) is 5.34. The summed E-state index contributed by atoms with van der Waals surface area (Å²) in [6.07, 6.45) is 4.66. The van der Waals surface area contributed by atoms with Crippen molar-refractivity contribution in [1.82, 2.24) is 9.97 Å². The maximum Gasteiger partial charge on any atom is 0.140 e. The zero-order chi connectivity index (χ0) is 12.8. The Morgan fingerprint density at radius 1 is 1.16 bits per heavy atom. The molecule has 0 spiro atoms. The van der Waals surface area contributed by atoms with Crippen LogP contribution in [0.25, 0.3) is 10.9 Å². The van der Waals surface area contributed by atoms with E-state index in [1.54, 1.807) is 6.33 Å². The van der Waals surface area contributed by atoms with Gasteiger partial charge in [-0.25, -0.2) is 9.97 Å². The summed E-state index contributed by atoms with van der Waals surface area (Å²) >= 11 is 0. The molecule has 0 radical (unpaired) electrons. The van der Waals surface area contributed by atoms with Crippen LogP contribution in [0, 0.1) is 0 Å². The van der Waals surface area contributed by atoms with Gasteiger partial charge in [-0.3, -0.25) is 0 Å². The first-order valence-electron chi connectivity index (χ1n) is 6.70. The Morgan fingerprint density at radius 2 is 1.95 bits per heavy atom. The summed E-state index contributed by atoms with van der Waals surface area (Å²) in [4.78, 5) is 11.1. The molecule has 1 aromatic heterocycles. The van der Waals surface area contributed by atoms with Gasteiger partial charge < -0.3 is 15.4 Å². The molecule has 3 heterocycles. The van der Waals surface area contributed by atoms with Gasteiger partial charge in [-0.15, -0.1) is 0 Å². The van der Waals surface area contributed by atoms with E-state index in [1.165, 1.54) is 0 Å². The molecule has 2 unspecified atom stereocenters. The fraction of sp³-hybridized carbons (Fsp3) is 0.429. The molecule has 2 N–H and O–H groups in total. The van der Waals surface area contributed by atoms with Crippen LogP contribution in [0.5, 0.6) is 0 Å². The maximum absolute atomic E-state index is 5.88. The Kier molecular flexibility index (Phi) is 2.35. The zero-order valence-electron chi connectivity index (χ0n) is 10.6. The van der Waals surface area contributed by atoms with E-state index in [0.717, 1.165) is 48.3 Å². The summed E-state index contributed by atoms with van der Waals surface area (Å²) in [7, 11) is 0. The topological polar surface area (TPSA) is 64.3 Å². The summed E-state index contributed by atoms with van der Waals surface area (Å²) in [5.74, 6) is 1.00. The van der Waals surface area contributed by atoms with Gasteiger partial charge in [-0.1, -0.05) is 0 Å². The highest BCUT2D eigenvalue weighted by Gasteiger charge is 2.34. The van der Waals surface area contributed by atoms with Crippen LogP contribution < -0.4 is 10.6 Å². The minimum atomic E-state index is 0.359. The molecule has 19 heavy (non-hydrogen) atoms. The number of fused-ring (bicyclic) bond motifs is 3. The molecule has 98 valence electrons. The van der Waals surface area contributed by atoms with Gasteiger partial charge in [0, 0.05) is 24.2 Å². The minimum absolute atomic E-state index is 0.359. The molecule has 1 aromatic carbocycles. The van der Waals surface area contributed by atoms with E-state index >= 15 is 0 Å². The van der Waals surface area contributed by atoms with Crippen molar-refractivity contribution in [3.8, 4) is 0 Å². The summed E-state index contributed by atoms with van der Waals surface area (Å²) in [6.45, 7) is 1.85. The van der Waals surface area contributed by atoms with E-state index < -0.39 is 0 Å². The van der Waals surface area contributed by atoms with Crippen LogP contribution in [0.3, 0.4) is 0 Å². The van der Waals surface area contributed by atoms with Crippen molar-refractivity contribution >= 4 is 22.4 Å². The number of nitrogens with two attached hydrogens (primary N) is 1. The van der Waals surface area contributed by atoms with Gasteiger partial charge in [-0.2, -0.15) is 0 Å². The lowest BCUT2D eigenvalue weighted by atomic mass is 10.2. The lowest BCUT2D eigenvalue weighted by Crippen LogP contribution is -2.43. The molecule has 5 heteroatoms. The Labute approximate surface area is 111 Å². The molecule has 2 aliphatic heterocycles. The van der Waals surface area contributed by atoms with E-state index in [9.17, 15) is 0 Å². The van der Waals surface area contributed by atoms with Crippen LogP contribution >= 0.6 is 0 Å². The number of hydrogen-bond acceptors (Lipinski definition) is 5. The van der Waals surface area contributed by atoms with Gasteiger partial charge in [-0.05, 0) is 31.0 Å². The highest BCUT2D eigenvalue weighted by Crippen LogP contribution is 2.32. The van der Waals surface area contributed by atoms with E-state index in [2.05, 4.69) is 14.9 Å². The smallest absolute Gasteiger partial charge is 0.140 e. The summed E-state index contributed by atoms with van der Waals surface area (Å²) in [6, 6.07) is 5.82. The molecule has 2 aromatic rings. The first kappa shape index (κ1) is 11.0. The molecule has 2 atom stereocenters. The molecular formula is C14H16N4O. The Balaban J connectivity index is 1.78. The number of benzene rings is 1. The standard InChI is InChI=1S/C14H16N4O/c15-9-1-4-12-13(5-9)16-8-17-14(12)18-6-10-2-3-11(7-18)19-10/h1,4-5,8,10-11H,2-3,6-7,15H2. The van der Waals surface area contributed by atoms with Gasteiger partial charge >= 0.3 is 0 Å². The fourth-order valence-electron chi connectivity index (χ4n) is 3.10. The molecule has 2 aliphatic rings. The number of nitrogen functional groups attached to an aromatic ring is 1. The monoisotopic (exact) mass is 256 g/mol. The third kappa shape index (κ3) is 1.81. The lowest BCUT2D eigenvalue weighted by molar-refractivity contribution is 0.0303. The van der Waals surface area contributed by atoms with Crippen molar-refractivity contribution < 1.29 is 4.74 Å². The normalized spacial score (nSPS) is 26.0. The number of rotatable bonds is 1. The second-order valence-electron chi connectivity index (χ2n) is 5.34. The lowest BCUT2D eigenvalue weighted by Gasteiger charge is -2.33. The highest BCUT2D eigenvalue weighted by molar-refractivity contribution is 5.91. The number of anilines is 2. The quantitative estimate of drug-likeness (QED) is 0.785. The Hall–Kier alpha value is -1.88. The molecule has 2 fully saturated rings. The largest absolute Gasteiger partial charge is 0.399 e. The van der Waals surface area contributed by atoms with Gasteiger partial charge in [0.2, 0.25) is 0 Å². The number of aromatic nitrogens is 2. The van der Waals surface area contributed by atoms with E-state index in [4.69, 9.17) is 10.5 Å². The summed E-state index contributed by atoms with van der Waals surface area (Å²) in [5.41, 5.74) is 7.45. The van der Waals surface area contributed by atoms with Crippen molar-refractivity contribution in [3.05, 3.63) is 24.5 Å². The summed E-state index contributed by atoms with van der Waals surface area (Å²) < 4.78 is 5.88. The van der Waals surface area contributed by atoms with Gasteiger partial charge in [0.15, 0.2) is 0 Å². The highest BCUT2D eigenvalue weighted by atomic mass is 16.5. The van der Waals surface area contributed by atoms with Crippen molar-refractivity contribution in [3.63, 3.8) is 0 Å². The van der Waals surface area contributed by atoms with Gasteiger partial charge in [0.1, 0.15) is 12.1 Å². The minimum Gasteiger partial charge on any atom is -0.399 e. The third-order valence-corrected chi connectivity index (χ3v) is 3.98. The Bertz CT molecular complexity index is 618. The van der Waals surface area contributed by atoms with Crippen molar-refractivity contribution in [2.24, 2.45) is 0 Å². The van der Waals surface area contributed by atoms with Crippen LogP contribution in [0.2, 0.25) is 0 Å². The van der Waals surface area contributed by atoms with Crippen molar-refractivity contribution in [2.75, 3.05) is 23.7 Å². The molecule has 0 amide bonds. The number of nitrogens with zero attached hydrogens (tertiary/aromatic N) is 3. The molecule has 4 rings (SSSR count). The number of hydrogen-bond donors (Lipinski definition) is 1. The van der Waals surface area contributed by atoms with Gasteiger partial charge in [0.25, 0.3) is 0 Å². The molecule has 5 nitrogen and oxygen atoms in total. The predicted molar refractivity (Wildman–Crippen MR) is 74.1 cm³/mol. The maximum atomic E-state index is 5.88. The average Bonchev–Trinajstić information content (AvgIpc) is 2.76. The Morgan fingerprint density at radius 3 is 2.74 bits per heavy atom. The van der Waals surface area contributed by atoms with Crippen molar-refractivity contribution in [1.29, 1.82) is 0 Å². The molecule has 2 bridgehead atoms. The van der Waals surface area contributed by atoms with Crippen LogP contribution in [0.1, 0.15) is 12.8 Å². The molecule has 2 saturated heterocycles. The van der Waals surface area contributed by atoms with E-state index in [1.807, 2.05) is 18.2 Å². The van der Waals surface area contributed by atoms with E-state index in [-0.39, 0.29) is 0 Å². The number of morpholine rings is 1. The van der Waals surface area contributed by atoms with Crippen LogP contribution in [0.15, 0.2) is 24.5 Å². The van der Waals surface area contributed by atoms with Crippen LogP contribution in [0.4, 0.5) is 11.5 Å². The first-order chi connectivity index (χ1) is 9.29. The average molecular weight is 256 g/mol. The van der Waals surface area contributed by atoms with E-state index in [0.29, 0.717) is 12.2 Å². The molecular weight excluding hydrogens is 240 g/mol. The molecule has 0 saturated carbocycles. The molecule has 0 aliphatic carbocycles. The summed E-state index contributed by atoms with van der Waals surface area (Å²) in [5, 5.41) is 1.07.